The van der Waals surface area contributed by atoms with Crippen molar-refractivity contribution in [3.05, 3.63) is 71.8 Å². The van der Waals surface area contributed by atoms with Gasteiger partial charge in [-0.05, 0) is 59.3 Å². The lowest BCUT2D eigenvalue weighted by molar-refractivity contribution is -0.117. The fraction of sp³-hybridized carbons (Fsp3) is 0.0476. The third-order valence-electron chi connectivity index (χ3n) is 4.67. The summed E-state index contributed by atoms with van der Waals surface area (Å²) in [4.78, 5) is 36.9. The van der Waals surface area contributed by atoms with Gasteiger partial charge in [0, 0.05) is 16.9 Å². The summed E-state index contributed by atoms with van der Waals surface area (Å²) in [5.74, 6) is -0.362. The number of urea groups is 1. The molecule has 1 fully saturated rings. The van der Waals surface area contributed by atoms with Crippen molar-refractivity contribution in [2.45, 2.75) is 0 Å². The molecule has 1 saturated heterocycles. The molecule has 4 amide bonds. The monoisotopic (exact) mass is 388 g/mol. The first-order valence-corrected chi connectivity index (χ1v) is 8.85. The lowest BCUT2D eigenvalue weighted by Crippen LogP contribution is -2.46. The number of anilines is 2. The van der Waals surface area contributed by atoms with E-state index < -0.39 is 6.03 Å². The Bertz CT molecular complexity index is 1170. The molecule has 0 bridgehead atoms. The van der Waals surface area contributed by atoms with Gasteiger partial charge in [-0.1, -0.05) is 12.1 Å². The summed E-state index contributed by atoms with van der Waals surface area (Å²) in [6, 6.07) is 17.1. The van der Waals surface area contributed by atoms with Crippen molar-refractivity contribution < 1.29 is 19.8 Å². The minimum Gasteiger partial charge on any atom is -0.322 e. The molecule has 3 aromatic carbocycles. The third-order valence-corrected chi connectivity index (χ3v) is 4.67. The highest BCUT2D eigenvalue weighted by Crippen LogP contribution is 2.22. The number of fused-ring (bicyclic) bond motifs is 1. The summed E-state index contributed by atoms with van der Waals surface area (Å²) in [7, 11) is 0. The van der Waals surface area contributed by atoms with E-state index in [1.54, 1.807) is 42.5 Å². The number of nitrogens with one attached hydrogen (secondary N) is 2. The molecule has 1 aliphatic rings. The largest absolute Gasteiger partial charge is 0.329 e. The van der Waals surface area contributed by atoms with Crippen LogP contribution >= 0.6 is 0 Å². The van der Waals surface area contributed by atoms with E-state index in [-0.39, 0.29) is 24.2 Å². The van der Waals surface area contributed by atoms with Crippen LogP contribution < -0.4 is 26.7 Å². The van der Waals surface area contributed by atoms with E-state index in [2.05, 4.69) is 10.6 Å². The second-order valence-electron chi connectivity index (χ2n) is 6.67. The first kappa shape index (κ1) is 18.2. The van der Waals surface area contributed by atoms with Crippen LogP contribution in [0.3, 0.4) is 0 Å². The van der Waals surface area contributed by atoms with E-state index in [0.29, 0.717) is 16.9 Å². The van der Waals surface area contributed by atoms with Gasteiger partial charge in [0.15, 0.2) is 0 Å². The van der Waals surface area contributed by atoms with E-state index in [4.69, 9.17) is 11.1 Å². The van der Waals surface area contributed by atoms with Crippen LogP contribution in [0, 0.1) is 0 Å². The Kier molecular flexibility index (Phi) is 4.44. The maximum Gasteiger partial charge on any atom is 0.329 e. The van der Waals surface area contributed by atoms with Gasteiger partial charge in [-0.2, -0.15) is 0 Å². The predicted octanol–water partition coefficient (Wildman–Crippen LogP) is 0.613. The van der Waals surface area contributed by atoms with E-state index in [1.807, 2.05) is 18.2 Å². The Hall–Kier alpha value is -4.20. The first-order valence-electron chi connectivity index (χ1n) is 8.85. The number of hydrogen-bond donors (Lipinski definition) is 4. The third kappa shape index (κ3) is 3.63. The smallest absolute Gasteiger partial charge is 0.322 e. The van der Waals surface area contributed by atoms with Gasteiger partial charge in [0.1, 0.15) is 6.54 Å². The van der Waals surface area contributed by atoms with Crippen LogP contribution in [0.15, 0.2) is 60.7 Å². The molecule has 6 N–H and O–H groups in total. The first-order chi connectivity index (χ1) is 13.9. The summed E-state index contributed by atoms with van der Waals surface area (Å²) in [6.07, 6.45) is 0. The number of amides is 4. The maximum atomic E-state index is 12.6. The average Bonchev–Trinajstić information content (AvgIpc) is 3.05. The van der Waals surface area contributed by atoms with E-state index >= 15 is 0 Å². The molecule has 29 heavy (non-hydrogen) atoms. The van der Waals surface area contributed by atoms with Gasteiger partial charge in [0.05, 0.1) is 5.56 Å². The van der Waals surface area contributed by atoms with Crippen LogP contribution in [0.25, 0.3) is 10.8 Å². The quantitative estimate of drug-likeness (QED) is 0.296. The number of carbonyl (C=O) groups excluding carboxylic acids is 3. The van der Waals surface area contributed by atoms with Crippen molar-refractivity contribution in [2.75, 3.05) is 16.8 Å². The summed E-state index contributed by atoms with van der Waals surface area (Å²) in [5.41, 5.74) is 8.01. The summed E-state index contributed by atoms with van der Waals surface area (Å²) < 4.78 is 0. The average molecular weight is 388 g/mol. The fourth-order valence-corrected chi connectivity index (χ4v) is 3.14. The minimum absolute atomic E-state index is 0.0170. The molecule has 0 unspecified atom stereocenters. The van der Waals surface area contributed by atoms with E-state index in [1.165, 1.54) is 4.90 Å². The topological polar surface area (TPSA) is 130 Å². The zero-order chi connectivity index (χ0) is 20.5. The molecule has 8 heteroatoms. The molecule has 3 aromatic rings. The van der Waals surface area contributed by atoms with Gasteiger partial charge in [-0.25, -0.2) is 4.79 Å². The van der Waals surface area contributed by atoms with Crippen LogP contribution in [0.1, 0.15) is 15.9 Å². The Morgan fingerprint density at radius 1 is 0.966 bits per heavy atom. The lowest BCUT2D eigenvalue weighted by atomic mass is 10.0. The molecule has 0 saturated carbocycles. The number of rotatable bonds is 4. The highest BCUT2D eigenvalue weighted by atomic mass is 16.2. The van der Waals surface area contributed by atoms with Gasteiger partial charge >= 0.3 is 6.03 Å². The zero-order valence-corrected chi connectivity index (χ0v) is 15.3. The Morgan fingerprint density at radius 3 is 2.17 bits per heavy atom. The van der Waals surface area contributed by atoms with Crippen molar-refractivity contribution in [3.63, 3.8) is 0 Å². The number of nitrogens with two attached hydrogens (primary N) is 2. The van der Waals surface area contributed by atoms with E-state index in [0.717, 1.165) is 16.3 Å². The summed E-state index contributed by atoms with van der Waals surface area (Å²) in [5, 5.41) is 12.5. The summed E-state index contributed by atoms with van der Waals surface area (Å²) in [6.45, 7) is -0.0170. The van der Waals surface area contributed by atoms with Crippen LogP contribution in [0.4, 0.5) is 16.2 Å². The van der Waals surface area contributed by atoms with Crippen LogP contribution in [-0.2, 0) is 4.79 Å². The van der Waals surface area contributed by atoms with Crippen molar-refractivity contribution >= 4 is 45.8 Å². The molecule has 8 nitrogen and oxygen atoms in total. The number of hydrogen-bond acceptors (Lipinski definition) is 3. The molecule has 1 aliphatic heterocycles. The van der Waals surface area contributed by atoms with E-state index in [9.17, 15) is 14.4 Å². The zero-order valence-electron chi connectivity index (χ0n) is 15.3. The van der Waals surface area contributed by atoms with Crippen molar-refractivity contribution in [1.29, 1.82) is 0 Å². The molecular weight excluding hydrogens is 370 g/mol. The lowest BCUT2D eigenvalue weighted by Gasteiger charge is -2.14. The second-order valence-corrected chi connectivity index (χ2v) is 6.67. The van der Waals surface area contributed by atoms with Crippen molar-refractivity contribution in [3.8, 4) is 0 Å². The molecule has 4 rings (SSSR count). The molecule has 0 radical (unpaired) electrons. The standard InChI is InChI=1S/C21H17N5O3/c22-19(23)14-3-1-13-10-15(4-2-12(13)9-14)20(28)24-16-5-7-17(8-6-16)26-11-18(27)25-21(26)29/h1-10H,11H2,(H3,22,23)(H,24,28)(H,25,27,29)/p+1. The predicted molar refractivity (Wildman–Crippen MR) is 109 cm³/mol. The molecule has 0 atom stereocenters. The Morgan fingerprint density at radius 2 is 1.59 bits per heavy atom. The second kappa shape index (κ2) is 7.08. The number of carbonyl (C=O) groups is 3. The van der Waals surface area contributed by atoms with Crippen LogP contribution in [0.5, 0.6) is 0 Å². The van der Waals surface area contributed by atoms with Crippen LogP contribution in [0.2, 0.25) is 0 Å². The molecule has 0 aromatic heterocycles. The number of imide groups is 1. The van der Waals surface area contributed by atoms with Crippen LogP contribution in [-0.4, -0.2) is 30.2 Å². The van der Waals surface area contributed by atoms with Gasteiger partial charge in [-0.3, -0.25) is 30.9 Å². The molecule has 0 spiro atoms. The van der Waals surface area contributed by atoms with Gasteiger partial charge in [-0.15, -0.1) is 0 Å². The summed E-state index contributed by atoms with van der Waals surface area (Å²) >= 11 is 0. The fourth-order valence-electron chi connectivity index (χ4n) is 3.14. The molecular formula is C21H18N5O3+. The minimum atomic E-state index is -0.458. The van der Waals surface area contributed by atoms with Gasteiger partial charge < -0.3 is 5.32 Å². The molecule has 0 aliphatic carbocycles. The maximum absolute atomic E-state index is 12.6. The highest BCUT2D eigenvalue weighted by Gasteiger charge is 2.27. The number of benzene rings is 3. The molecule has 1 heterocycles. The van der Waals surface area contributed by atoms with Crippen molar-refractivity contribution in [1.82, 2.24) is 5.32 Å². The SMILES string of the molecule is NC(=[NH2+])c1ccc2cc(C(=O)Nc3ccc(N4CC(=O)NC4=O)cc3)ccc2c1. The molecule has 144 valence electrons. The highest BCUT2D eigenvalue weighted by molar-refractivity contribution is 6.12. The Labute approximate surface area is 165 Å². The van der Waals surface area contributed by atoms with Gasteiger partial charge in [0.2, 0.25) is 5.91 Å². The normalized spacial score (nSPS) is 13.4. The number of nitrogens with zero attached hydrogens (tertiary/aromatic N) is 1. The number of amidine groups is 1. The Balaban J connectivity index is 1.50. The van der Waals surface area contributed by atoms with Gasteiger partial charge in [0.25, 0.3) is 11.7 Å². The van der Waals surface area contributed by atoms with Crippen molar-refractivity contribution in [2.24, 2.45) is 5.73 Å².